The summed E-state index contributed by atoms with van der Waals surface area (Å²) in [5.74, 6) is -2.39. The van der Waals surface area contributed by atoms with Crippen molar-refractivity contribution in [1.82, 2.24) is 0 Å². The summed E-state index contributed by atoms with van der Waals surface area (Å²) in [5.41, 5.74) is 0.735. The molecular formula is C9H10F2OS. The molecule has 0 radical (unpaired) electrons. The largest absolute Gasteiger partial charge is 0.389 e. The number of benzene rings is 1. The smallest absolute Gasteiger partial charge is 0.288 e. The van der Waals surface area contributed by atoms with Gasteiger partial charge in [0.2, 0.25) is 0 Å². The molecule has 0 aliphatic rings. The van der Waals surface area contributed by atoms with Gasteiger partial charge in [0, 0.05) is 4.90 Å². The van der Waals surface area contributed by atoms with Crippen molar-refractivity contribution >= 4 is 11.8 Å². The molecule has 4 heteroatoms. The topological polar surface area (TPSA) is 20.2 Å². The van der Waals surface area contributed by atoms with Crippen LogP contribution in [0.25, 0.3) is 0 Å². The number of hydrogen-bond donors (Lipinski definition) is 1. The Bertz CT molecular complexity index is 259. The first kappa shape index (κ1) is 10.5. The van der Waals surface area contributed by atoms with E-state index in [0.29, 0.717) is 16.7 Å². The van der Waals surface area contributed by atoms with E-state index in [9.17, 15) is 8.78 Å². The third-order valence-corrected chi connectivity index (χ3v) is 2.31. The Morgan fingerprint density at radius 1 is 1.23 bits per heavy atom. The third-order valence-electron chi connectivity index (χ3n) is 1.59. The zero-order valence-electron chi connectivity index (χ0n) is 7.08. The normalized spacial score (nSPS) is 13.3. The molecule has 0 aromatic heterocycles. The van der Waals surface area contributed by atoms with Crippen LogP contribution in [0.3, 0.4) is 0 Å². The second kappa shape index (κ2) is 4.58. The van der Waals surface area contributed by atoms with Gasteiger partial charge in [0.1, 0.15) is 0 Å². The molecule has 0 aliphatic carbocycles. The van der Waals surface area contributed by atoms with Crippen molar-refractivity contribution in [3.8, 4) is 0 Å². The SMILES string of the molecule is CC(O)c1ccc(SC(F)F)cc1. The van der Waals surface area contributed by atoms with E-state index >= 15 is 0 Å². The number of rotatable bonds is 3. The zero-order chi connectivity index (χ0) is 9.84. The van der Waals surface area contributed by atoms with E-state index in [1.807, 2.05) is 0 Å². The van der Waals surface area contributed by atoms with Crippen LogP contribution < -0.4 is 0 Å². The number of hydrogen-bond acceptors (Lipinski definition) is 2. The van der Waals surface area contributed by atoms with Crippen molar-refractivity contribution in [1.29, 1.82) is 0 Å². The van der Waals surface area contributed by atoms with Crippen molar-refractivity contribution in [2.45, 2.75) is 23.7 Å². The maximum atomic E-state index is 11.9. The number of alkyl halides is 2. The number of halogens is 2. The van der Waals surface area contributed by atoms with Crippen LogP contribution in [0.4, 0.5) is 8.78 Å². The highest BCUT2D eigenvalue weighted by atomic mass is 32.2. The Labute approximate surface area is 79.8 Å². The van der Waals surface area contributed by atoms with Gasteiger partial charge < -0.3 is 5.11 Å². The first-order chi connectivity index (χ1) is 6.09. The first-order valence-electron chi connectivity index (χ1n) is 3.82. The molecule has 0 heterocycles. The van der Waals surface area contributed by atoms with Crippen molar-refractivity contribution in [2.24, 2.45) is 0 Å². The molecule has 0 amide bonds. The predicted molar refractivity (Wildman–Crippen MR) is 48.9 cm³/mol. The fourth-order valence-corrected chi connectivity index (χ4v) is 1.43. The van der Waals surface area contributed by atoms with E-state index in [-0.39, 0.29) is 0 Å². The van der Waals surface area contributed by atoms with Gasteiger partial charge in [-0.25, -0.2) is 0 Å². The first-order valence-corrected chi connectivity index (χ1v) is 4.70. The molecule has 13 heavy (non-hydrogen) atoms. The summed E-state index contributed by atoms with van der Waals surface area (Å²) in [6.45, 7) is 1.63. The van der Waals surface area contributed by atoms with Gasteiger partial charge in [-0.15, -0.1) is 0 Å². The monoisotopic (exact) mass is 204 g/mol. The molecule has 1 atom stereocenters. The molecule has 0 fully saturated rings. The maximum absolute atomic E-state index is 11.9. The molecule has 1 aromatic carbocycles. The van der Waals surface area contributed by atoms with Crippen LogP contribution in [0.15, 0.2) is 29.2 Å². The standard InChI is InChI=1S/C9H10F2OS/c1-6(12)7-2-4-8(5-3-7)13-9(10)11/h2-6,9,12H,1H3. The van der Waals surface area contributed by atoms with E-state index in [1.165, 1.54) is 0 Å². The van der Waals surface area contributed by atoms with Crippen LogP contribution in [-0.4, -0.2) is 10.9 Å². The molecule has 0 saturated carbocycles. The van der Waals surface area contributed by atoms with E-state index in [1.54, 1.807) is 31.2 Å². The van der Waals surface area contributed by atoms with Gasteiger partial charge in [-0.05, 0) is 24.6 Å². The molecule has 72 valence electrons. The van der Waals surface area contributed by atoms with Gasteiger partial charge >= 0.3 is 0 Å². The second-order valence-electron chi connectivity index (χ2n) is 2.62. The Morgan fingerprint density at radius 2 is 1.77 bits per heavy atom. The Hall–Kier alpha value is -0.610. The minimum absolute atomic E-state index is 0.504. The minimum Gasteiger partial charge on any atom is -0.389 e. The molecule has 1 rings (SSSR count). The van der Waals surface area contributed by atoms with E-state index in [2.05, 4.69) is 0 Å². The fraction of sp³-hybridized carbons (Fsp3) is 0.333. The molecule has 0 aliphatic heterocycles. The quantitative estimate of drug-likeness (QED) is 0.763. The molecule has 1 aromatic rings. The highest BCUT2D eigenvalue weighted by Gasteiger charge is 2.05. The summed E-state index contributed by atoms with van der Waals surface area (Å²) in [4.78, 5) is 0.513. The van der Waals surface area contributed by atoms with Gasteiger partial charge in [0.05, 0.1) is 6.10 Å². The van der Waals surface area contributed by atoms with Crippen molar-refractivity contribution in [3.05, 3.63) is 29.8 Å². The van der Waals surface area contributed by atoms with Gasteiger partial charge in [-0.1, -0.05) is 23.9 Å². The van der Waals surface area contributed by atoms with Gasteiger partial charge in [0.25, 0.3) is 5.76 Å². The molecular weight excluding hydrogens is 194 g/mol. The van der Waals surface area contributed by atoms with Crippen molar-refractivity contribution in [3.63, 3.8) is 0 Å². The second-order valence-corrected chi connectivity index (χ2v) is 3.69. The van der Waals surface area contributed by atoms with Gasteiger partial charge in [-0.2, -0.15) is 8.78 Å². The van der Waals surface area contributed by atoms with Crippen LogP contribution >= 0.6 is 11.8 Å². The molecule has 0 spiro atoms. The molecule has 0 bridgehead atoms. The van der Waals surface area contributed by atoms with Crippen LogP contribution in [0.2, 0.25) is 0 Å². The molecule has 1 nitrogen and oxygen atoms in total. The Kier molecular flexibility index (Phi) is 3.69. The van der Waals surface area contributed by atoms with Gasteiger partial charge in [-0.3, -0.25) is 0 Å². The average molecular weight is 204 g/mol. The number of aliphatic hydroxyl groups excluding tert-OH is 1. The minimum atomic E-state index is -2.39. The van der Waals surface area contributed by atoms with E-state index < -0.39 is 11.9 Å². The summed E-state index contributed by atoms with van der Waals surface area (Å²) in [7, 11) is 0. The zero-order valence-corrected chi connectivity index (χ0v) is 7.89. The highest BCUT2D eigenvalue weighted by Crippen LogP contribution is 2.26. The summed E-state index contributed by atoms with van der Waals surface area (Å²) in [5, 5.41) is 9.14. The summed E-state index contributed by atoms with van der Waals surface area (Å²) in [6, 6.07) is 6.46. The lowest BCUT2D eigenvalue weighted by molar-refractivity contribution is 0.199. The Morgan fingerprint density at radius 3 is 2.15 bits per heavy atom. The lowest BCUT2D eigenvalue weighted by Gasteiger charge is -2.05. The van der Waals surface area contributed by atoms with Crippen LogP contribution in [0.1, 0.15) is 18.6 Å². The lowest BCUT2D eigenvalue weighted by Crippen LogP contribution is -1.90. The summed E-state index contributed by atoms with van der Waals surface area (Å²) in [6.07, 6.45) is -0.550. The van der Waals surface area contributed by atoms with Crippen molar-refractivity contribution < 1.29 is 13.9 Å². The number of thioether (sulfide) groups is 1. The fourth-order valence-electron chi connectivity index (χ4n) is 0.928. The van der Waals surface area contributed by atoms with Crippen molar-refractivity contribution in [2.75, 3.05) is 0 Å². The average Bonchev–Trinajstić information content (AvgIpc) is 2.04. The number of aliphatic hydroxyl groups is 1. The Balaban J connectivity index is 2.70. The molecule has 1 unspecified atom stereocenters. The highest BCUT2D eigenvalue weighted by molar-refractivity contribution is 7.99. The van der Waals surface area contributed by atoms with E-state index in [0.717, 1.165) is 5.56 Å². The summed E-state index contributed by atoms with van der Waals surface area (Å²) >= 11 is 0.504. The van der Waals surface area contributed by atoms with Gasteiger partial charge in [0.15, 0.2) is 0 Å². The third kappa shape index (κ3) is 3.32. The predicted octanol–water partition coefficient (Wildman–Crippen LogP) is 3.05. The molecule has 1 N–H and O–H groups in total. The molecule has 0 saturated heterocycles. The van der Waals surface area contributed by atoms with E-state index in [4.69, 9.17) is 5.11 Å². The lowest BCUT2D eigenvalue weighted by atomic mass is 10.1. The van der Waals surface area contributed by atoms with Crippen LogP contribution in [0, 0.1) is 0 Å². The summed E-state index contributed by atoms with van der Waals surface area (Å²) < 4.78 is 23.8. The van der Waals surface area contributed by atoms with Crippen LogP contribution in [-0.2, 0) is 0 Å². The van der Waals surface area contributed by atoms with Crippen LogP contribution in [0.5, 0.6) is 0 Å². The maximum Gasteiger partial charge on any atom is 0.288 e.